The lowest BCUT2D eigenvalue weighted by atomic mass is 9.90. The van der Waals surface area contributed by atoms with E-state index in [1.165, 1.54) is 6.07 Å². The maximum atomic E-state index is 14.3. The number of hydrogen-bond acceptors (Lipinski definition) is 2. The van der Waals surface area contributed by atoms with E-state index in [4.69, 9.17) is 0 Å². The molecule has 1 aliphatic carbocycles. The van der Waals surface area contributed by atoms with Crippen molar-refractivity contribution in [1.29, 1.82) is 0 Å². The Morgan fingerprint density at radius 1 is 0.840 bits per heavy atom. The van der Waals surface area contributed by atoms with Crippen molar-refractivity contribution in [3.8, 4) is 0 Å². The molecule has 3 aromatic rings. The molecule has 25 heavy (non-hydrogen) atoms. The molecule has 3 aromatic carbocycles. The first-order valence-electron chi connectivity index (χ1n) is 8.15. The van der Waals surface area contributed by atoms with Gasteiger partial charge in [-0.2, -0.15) is 0 Å². The summed E-state index contributed by atoms with van der Waals surface area (Å²) in [4.78, 5) is 12.9. The lowest BCUT2D eigenvalue weighted by Gasteiger charge is -2.14. The predicted molar refractivity (Wildman–Crippen MR) is 97.2 cm³/mol. The predicted octanol–water partition coefficient (Wildman–Crippen LogP) is 5.15. The molecule has 0 spiro atoms. The van der Waals surface area contributed by atoms with Gasteiger partial charge in [-0.15, -0.1) is 0 Å². The van der Waals surface area contributed by atoms with Crippen molar-refractivity contribution in [3.63, 3.8) is 0 Å². The molecule has 0 bridgehead atoms. The molecule has 0 amide bonds. The van der Waals surface area contributed by atoms with Crippen molar-refractivity contribution in [1.82, 2.24) is 0 Å². The number of benzene rings is 3. The van der Waals surface area contributed by atoms with E-state index in [9.17, 15) is 9.18 Å². The van der Waals surface area contributed by atoms with Crippen LogP contribution in [0.15, 0.2) is 90.6 Å². The molecule has 1 atom stereocenters. The molecular formula is C22H16FNO. The molecule has 0 aliphatic heterocycles. The van der Waals surface area contributed by atoms with E-state index in [0.717, 1.165) is 16.8 Å². The van der Waals surface area contributed by atoms with E-state index in [2.05, 4.69) is 5.32 Å². The Kier molecular flexibility index (Phi) is 3.90. The van der Waals surface area contributed by atoms with Gasteiger partial charge in [-0.05, 0) is 29.3 Å². The van der Waals surface area contributed by atoms with Crippen LogP contribution in [0.3, 0.4) is 0 Å². The van der Waals surface area contributed by atoms with Gasteiger partial charge in [-0.1, -0.05) is 60.7 Å². The summed E-state index contributed by atoms with van der Waals surface area (Å²) < 4.78 is 14.3. The Hall–Kier alpha value is -3.20. The first-order chi connectivity index (χ1) is 12.3. The minimum atomic E-state index is -0.466. The lowest BCUT2D eigenvalue weighted by Crippen LogP contribution is -2.05. The standard InChI is InChI=1S/C22H16FNO/c23-19-13-7-12-17-20(15-8-3-1-4-9-15)18(22(25)21(17)19)14-24-16-10-5-2-6-11-16/h1-14,20,24H. The molecule has 122 valence electrons. The molecule has 0 heterocycles. The number of Topliss-reactive ketones (excluding diaryl/α,β-unsaturated/α-hetero) is 1. The smallest absolute Gasteiger partial charge is 0.194 e. The van der Waals surface area contributed by atoms with Crippen LogP contribution in [-0.2, 0) is 0 Å². The molecule has 0 radical (unpaired) electrons. The van der Waals surface area contributed by atoms with Gasteiger partial charge < -0.3 is 5.32 Å². The largest absolute Gasteiger partial charge is 0.361 e. The quantitative estimate of drug-likeness (QED) is 0.673. The maximum Gasteiger partial charge on any atom is 0.194 e. The van der Waals surface area contributed by atoms with Crippen molar-refractivity contribution in [3.05, 3.63) is 113 Å². The number of halogens is 1. The number of hydrogen-bond donors (Lipinski definition) is 1. The third-order valence-corrected chi connectivity index (χ3v) is 4.46. The van der Waals surface area contributed by atoms with E-state index in [1.54, 1.807) is 12.3 Å². The minimum absolute atomic E-state index is 0.178. The van der Waals surface area contributed by atoms with E-state index in [-0.39, 0.29) is 17.3 Å². The highest BCUT2D eigenvalue weighted by Crippen LogP contribution is 2.42. The van der Waals surface area contributed by atoms with Crippen LogP contribution < -0.4 is 5.32 Å². The highest BCUT2D eigenvalue weighted by Gasteiger charge is 2.37. The molecule has 0 saturated carbocycles. The van der Waals surface area contributed by atoms with Gasteiger partial charge in [0, 0.05) is 23.4 Å². The van der Waals surface area contributed by atoms with E-state index < -0.39 is 5.82 Å². The number of carbonyl (C=O) groups excluding carboxylic acids is 1. The molecule has 0 aromatic heterocycles. The SMILES string of the molecule is O=C1C(=CNc2ccccc2)C(c2ccccc2)c2cccc(F)c21. The summed E-state index contributed by atoms with van der Waals surface area (Å²) in [6.45, 7) is 0. The number of carbonyl (C=O) groups is 1. The molecule has 0 fully saturated rings. The molecule has 0 saturated heterocycles. The zero-order valence-corrected chi connectivity index (χ0v) is 13.4. The summed E-state index contributed by atoms with van der Waals surface area (Å²) in [5, 5.41) is 3.17. The number of anilines is 1. The molecule has 1 unspecified atom stereocenters. The monoisotopic (exact) mass is 329 g/mol. The van der Waals surface area contributed by atoms with Crippen LogP contribution in [0, 0.1) is 5.82 Å². The first-order valence-corrected chi connectivity index (χ1v) is 8.15. The van der Waals surface area contributed by atoms with Crippen molar-refractivity contribution < 1.29 is 9.18 Å². The van der Waals surface area contributed by atoms with E-state index >= 15 is 0 Å². The van der Waals surface area contributed by atoms with Gasteiger partial charge in [0.15, 0.2) is 5.78 Å². The van der Waals surface area contributed by atoms with Crippen molar-refractivity contribution in [2.75, 3.05) is 5.32 Å². The van der Waals surface area contributed by atoms with Crippen molar-refractivity contribution in [2.45, 2.75) is 5.92 Å². The second kappa shape index (κ2) is 6.36. The second-order valence-corrected chi connectivity index (χ2v) is 5.99. The summed E-state index contributed by atoms with van der Waals surface area (Å²) in [6.07, 6.45) is 1.70. The average Bonchev–Trinajstić information content (AvgIpc) is 2.95. The minimum Gasteiger partial charge on any atom is -0.361 e. The van der Waals surface area contributed by atoms with Gasteiger partial charge in [-0.3, -0.25) is 4.79 Å². The van der Waals surface area contributed by atoms with E-state index in [1.807, 2.05) is 66.7 Å². The van der Waals surface area contributed by atoms with Crippen LogP contribution >= 0.6 is 0 Å². The lowest BCUT2D eigenvalue weighted by molar-refractivity contribution is 0.103. The third-order valence-electron chi connectivity index (χ3n) is 4.46. The van der Waals surface area contributed by atoms with Crippen molar-refractivity contribution in [2.24, 2.45) is 0 Å². The zero-order chi connectivity index (χ0) is 17.2. The highest BCUT2D eigenvalue weighted by atomic mass is 19.1. The number of rotatable bonds is 3. The fourth-order valence-electron chi connectivity index (χ4n) is 3.31. The molecular weight excluding hydrogens is 313 g/mol. The number of ketones is 1. The van der Waals surface area contributed by atoms with Crippen LogP contribution in [0.5, 0.6) is 0 Å². The van der Waals surface area contributed by atoms with Crippen molar-refractivity contribution >= 4 is 11.5 Å². The zero-order valence-electron chi connectivity index (χ0n) is 13.4. The number of allylic oxidation sites excluding steroid dienone is 1. The average molecular weight is 329 g/mol. The second-order valence-electron chi connectivity index (χ2n) is 5.99. The Balaban J connectivity index is 1.82. The van der Waals surface area contributed by atoms with Gasteiger partial charge in [0.25, 0.3) is 0 Å². The highest BCUT2D eigenvalue weighted by molar-refractivity contribution is 6.15. The van der Waals surface area contributed by atoms with Crippen LogP contribution in [-0.4, -0.2) is 5.78 Å². The fraction of sp³-hybridized carbons (Fsp3) is 0.0455. The van der Waals surface area contributed by atoms with Gasteiger partial charge in [0.1, 0.15) is 5.82 Å². The molecule has 4 rings (SSSR count). The molecule has 1 N–H and O–H groups in total. The summed E-state index contributed by atoms with van der Waals surface area (Å²) in [6, 6.07) is 24.1. The summed E-state index contributed by atoms with van der Waals surface area (Å²) >= 11 is 0. The molecule has 1 aliphatic rings. The Morgan fingerprint density at radius 3 is 2.24 bits per heavy atom. The van der Waals surface area contributed by atoms with Gasteiger partial charge >= 0.3 is 0 Å². The Morgan fingerprint density at radius 2 is 1.52 bits per heavy atom. The van der Waals surface area contributed by atoms with Crippen LogP contribution in [0.4, 0.5) is 10.1 Å². The van der Waals surface area contributed by atoms with Gasteiger partial charge in [-0.25, -0.2) is 4.39 Å². The number of nitrogens with one attached hydrogen (secondary N) is 1. The van der Waals surface area contributed by atoms with Crippen LogP contribution in [0.25, 0.3) is 0 Å². The summed E-state index contributed by atoms with van der Waals surface area (Å²) in [7, 11) is 0. The first kappa shape index (κ1) is 15.3. The fourth-order valence-corrected chi connectivity index (χ4v) is 3.31. The molecule has 3 heteroatoms. The summed E-state index contributed by atoms with van der Waals surface area (Å²) in [5.41, 5.74) is 3.30. The van der Waals surface area contributed by atoms with Gasteiger partial charge in [0.2, 0.25) is 0 Å². The number of fused-ring (bicyclic) bond motifs is 1. The van der Waals surface area contributed by atoms with Gasteiger partial charge in [0.05, 0.1) is 5.56 Å². The Bertz CT molecular complexity index is 948. The summed E-state index contributed by atoms with van der Waals surface area (Å²) in [5.74, 6) is -0.993. The number of para-hydroxylation sites is 1. The normalized spacial score (nSPS) is 17.6. The Labute approximate surface area is 145 Å². The maximum absolute atomic E-state index is 14.3. The van der Waals surface area contributed by atoms with E-state index in [0.29, 0.717) is 5.57 Å². The van der Waals surface area contributed by atoms with Crippen LogP contribution in [0.1, 0.15) is 27.4 Å². The molecule has 2 nitrogen and oxygen atoms in total. The van der Waals surface area contributed by atoms with Crippen LogP contribution in [0.2, 0.25) is 0 Å². The topological polar surface area (TPSA) is 29.1 Å². The third kappa shape index (κ3) is 2.74.